The van der Waals surface area contributed by atoms with Gasteiger partial charge in [-0.2, -0.15) is 16.9 Å². The molecular weight excluding hydrogens is 204 g/mol. The molecular formula is C7H10N4O2S. The molecule has 1 fully saturated rings. The van der Waals surface area contributed by atoms with Gasteiger partial charge in [-0.05, 0) is 6.92 Å². The van der Waals surface area contributed by atoms with Gasteiger partial charge in [-0.3, -0.25) is 10.1 Å². The standard InChI is InChI=1S/C7H10N4O2S/c1-4-6(11(12)13)7(8)10(9-4)5-2-14-3-5/h5H,2-3,8H2,1H3. The second kappa shape index (κ2) is 3.16. The van der Waals surface area contributed by atoms with Gasteiger partial charge in [0.2, 0.25) is 5.82 Å². The molecule has 0 bridgehead atoms. The van der Waals surface area contributed by atoms with E-state index >= 15 is 0 Å². The number of nitrogens with zero attached hydrogens (tertiary/aromatic N) is 3. The first-order chi connectivity index (χ1) is 6.61. The number of thioether (sulfide) groups is 1. The Balaban J connectivity index is 2.42. The second-order valence-electron chi connectivity index (χ2n) is 3.21. The third-order valence-corrected chi connectivity index (χ3v) is 3.48. The molecule has 0 amide bonds. The zero-order valence-electron chi connectivity index (χ0n) is 7.64. The molecule has 0 aromatic carbocycles. The van der Waals surface area contributed by atoms with Crippen molar-refractivity contribution in [3.8, 4) is 0 Å². The fourth-order valence-corrected chi connectivity index (χ4v) is 2.15. The minimum absolute atomic E-state index is 0.0538. The van der Waals surface area contributed by atoms with Crippen molar-refractivity contribution in [3.05, 3.63) is 15.8 Å². The van der Waals surface area contributed by atoms with E-state index in [2.05, 4.69) is 5.10 Å². The summed E-state index contributed by atoms with van der Waals surface area (Å²) in [4.78, 5) is 10.2. The van der Waals surface area contributed by atoms with Gasteiger partial charge < -0.3 is 5.73 Å². The van der Waals surface area contributed by atoms with Gasteiger partial charge in [-0.1, -0.05) is 0 Å². The van der Waals surface area contributed by atoms with Crippen LogP contribution in [0.15, 0.2) is 0 Å². The number of nitrogens with two attached hydrogens (primary N) is 1. The van der Waals surface area contributed by atoms with E-state index in [1.807, 2.05) is 0 Å². The number of nitrogen functional groups attached to an aromatic ring is 1. The van der Waals surface area contributed by atoms with Crippen LogP contribution in [-0.2, 0) is 0 Å². The third-order valence-electron chi connectivity index (χ3n) is 2.24. The van der Waals surface area contributed by atoms with Crippen molar-refractivity contribution < 1.29 is 4.92 Å². The van der Waals surface area contributed by atoms with Crippen molar-refractivity contribution >= 4 is 23.3 Å². The van der Waals surface area contributed by atoms with E-state index in [0.29, 0.717) is 5.69 Å². The van der Waals surface area contributed by atoms with Crippen LogP contribution in [0.5, 0.6) is 0 Å². The largest absolute Gasteiger partial charge is 0.378 e. The van der Waals surface area contributed by atoms with Crippen LogP contribution in [0.2, 0.25) is 0 Å². The van der Waals surface area contributed by atoms with E-state index in [9.17, 15) is 10.1 Å². The van der Waals surface area contributed by atoms with Crippen molar-refractivity contribution in [2.24, 2.45) is 0 Å². The molecule has 0 atom stereocenters. The summed E-state index contributed by atoms with van der Waals surface area (Å²) in [5.74, 6) is 2.04. The number of anilines is 1. The molecule has 1 aromatic heterocycles. The van der Waals surface area contributed by atoms with Crippen molar-refractivity contribution in [1.82, 2.24) is 9.78 Å². The molecule has 0 aliphatic carbocycles. The van der Waals surface area contributed by atoms with E-state index in [-0.39, 0.29) is 17.5 Å². The maximum absolute atomic E-state index is 10.7. The molecule has 0 saturated carbocycles. The van der Waals surface area contributed by atoms with Crippen molar-refractivity contribution in [2.45, 2.75) is 13.0 Å². The smallest absolute Gasteiger partial charge is 0.333 e. The maximum atomic E-state index is 10.7. The fraction of sp³-hybridized carbons (Fsp3) is 0.571. The van der Waals surface area contributed by atoms with Gasteiger partial charge in [0.15, 0.2) is 0 Å². The number of hydrogen-bond acceptors (Lipinski definition) is 5. The molecule has 1 aromatic rings. The summed E-state index contributed by atoms with van der Waals surface area (Å²) in [7, 11) is 0. The summed E-state index contributed by atoms with van der Waals surface area (Å²) in [5, 5.41) is 14.7. The lowest BCUT2D eigenvalue weighted by atomic mass is 10.3. The van der Waals surface area contributed by atoms with Crippen LogP contribution in [0.1, 0.15) is 11.7 Å². The molecule has 1 saturated heterocycles. The Hall–Kier alpha value is -1.24. The number of aromatic nitrogens is 2. The number of aryl methyl sites for hydroxylation is 1. The molecule has 6 nitrogen and oxygen atoms in total. The Bertz CT molecular complexity index is 385. The summed E-state index contributed by atoms with van der Waals surface area (Å²) < 4.78 is 1.57. The third kappa shape index (κ3) is 1.24. The van der Waals surface area contributed by atoms with Gasteiger partial charge in [0, 0.05) is 11.5 Å². The summed E-state index contributed by atoms with van der Waals surface area (Å²) in [6.07, 6.45) is 0. The van der Waals surface area contributed by atoms with E-state index < -0.39 is 4.92 Å². The number of hydrogen-bond donors (Lipinski definition) is 1. The van der Waals surface area contributed by atoms with Gasteiger partial charge in [0.05, 0.1) is 11.0 Å². The first-order valence-electron chi connectivity index (χ1n) is 4.18. The lowest BCUT2D eigenvalue weighted by molar-refractivity contribution is -0.384. The van der Waals surface area contributed by atoms with Crippen molar-refractivity contribution in [3.63, 3.8) is 0 Å². The SMILES string of the molecule is Cc1nn(C2CSC2)c(N)c1[N+](=O)[O-]. The summed E-state index contributed by atoms with van der Waals surface area (Å²) >= 11 is 1.79. The predicted molar refractivity (Wildman–Crippen MR) is 54.4 cm³/mol. The van der Waals surface area contributed by atoms with Crippen molar-refractivity contribution in [2.75, 3.05) is 17.2 Å². The number of rotatable bonds is 2. The minimum Gasteiger partial charge on any atom is -0.378 e. The van der Waals surface area contributed by atoms with Crippen LogP contribution in [0.25, 0.3) is 0 Å². The van der Waals surface area contributed by atoms with Crippen LogP contribution in [0, 0.1) is 17.0 Å². The highest BCUT2D eigenvalue weighted by Gasteiger charge is 2.29. The van der Waals surface area contributed by atoms with E-state index in [0.717, 1.165) is 11.5 Å². The molecule has 1 aliphatic rings. The Morgan fingerprint density at radius 1 is 1.71 bits per heavy atom. The van der Waals surface area contributed by atoms with Crippen LogP contribution in [-0.4, -0.2) is 26.2 Å². The minimum atomic E-state index is -0.472. The Morgan fingerprint density at radius 3 is 2.71 bits per heavy atom. The molecule has 1 aliphatic heterocycles. The lowest BCUT2D eigenvalue weighted by Crippen LogP contribution is -2.25. The maximum Gasteiger partial charge on any atom is 0.333 e. The van der Waals surface area contributed by atoms with Crippen molar-refractivity contribution in [1.29, 1.82) is 0 Å². The van der Waals surface area contributed by atoms with Crippen LogP contribution in [0.3, 0.4) is 0 Å². The van der Waals surface area contributed by atoms with Crippen LogP contribution in [0.4, 0.5) is 11.5 Å². The molecule has 2 N–H and O–H groups in total. The highest BCUT2D eigenvalue weighted by atomic mass is 32.2. The molecule has 2 heterocycles. The zero-order chi connectivity index (χ0) is 10.3. The topological polar surface area (TPSA) is 87.0 Å². The highest BCUT2D eigenvalue weighted by Crippen LogP contribution is 2.35. The van der Waals surface area contributed by atoms with Gasteiger partial charge in [-0.15, -0.1) is 0 Å². The summed E-state index contributed by atoms with van der Waals surface area (Å²) in [6, 6.07) is 0.229. The molecule has 14 heavy (non-hydrogen) atoms. The monoisotopic (exact) mass is 214 g/mol. The van der Waals surface area contributed by atoms with E-state index in [1.165, 1.54) is 0 Å². The van der Waals surface area contributed by atoms with Gasteiger partial charge in [0.1, 0.15) is 5.69 Å². The highest BCUT2D eigenvalue weighted by molar-refractivity contribution is 8.00. The molecule has 0 radical (unpaired) electrons. The quantitative estimate of drug-likeness (QED) is 0.585. The fourth-order valence-electron chi connectivity index (χ4n) is 1.43. The first kappa shape index (κ1) is 9.32. The summed E-state index contributed by atoms with van der Waals surface area (Å²) in [5.41, 5.74) is 6.00. The predicted octanol–water partition coefficient (Wildman–Crippen LogP) is 0.970. The van der Waals surface area contributed by atoms with Gasteiger partial charge in [0.25, 0.3) is 0 Å². The normalized spacial score (nSPS) is 16.6. The Kier molecular flexibility index (Phi) is 2.10. The lowest BCUT2D eigenvalue weighted by Gasteiger charge is -2.25. The zero-order valence-corrected chi connectivity index (χ0v) is 8.45. The molecule has 7 heteroatoms. The average Bonchev–Trinajstić information content (AvgIpc) is 2.23. The Labute approximate surface area is 84.6 Å². The first-order valence-corrected chi connectivity index (χ1v) is 5.33. The van der Waals surface area contributed by atoms with E-state index in [1.54, 1.807) is 23.4 Å². The molecule has 0 spiro atoms. The number of nitro groups is 1. The average molecular weight is 214 g/mol. The Morgan fingerprint density at radius 2 is 2.36 bits per heavy atom. The second-order valence-corrected chi connectivity index (χ2v) is 4.29. The molecule has 0 unspecified atom stereocenters. The van der Waals surface area contributed by atoms with Crippen LogP contribution >= 0.6 is 11.8 Å². The molecule has 2 rings (SSSR count). The van der Waals surface area contributed by atoms with Gasteiger partial charge in [-0.25, -0.2) is 4.68 Å². The summed E-state index contributed by atoms with van der Waals surface area (Å²) in [6.45, 7) is 1.61. The van der Waals surface area contributed by atoms with Gasteiger partial charge >= 0.3 is 5.69 Å². The van der Waals surface area contributed by atoms with E-state index in [4.69, 9.17) is 5.73 Å². The molecule has 76 valence electrons. The van der Waals surface area contributed by atoms with Crippen LogP contribution < -0.4 is 5.73 Å².